The van der Waals surface area contributed by atoms with Crippen LogP contribution in [0.25, 0.3) is 0 Å². The third-order valence-corrected chi connectivity index (χ3v) is 3.91. The Labute approximate surface area is 98.3 Å². The van der Waals surface area contributed by atoms with E-state index in [1.54, 1.807) is 11.3 Å². The van der Waals surface area contributed by atoms with Gasteiger partial charge in [0.05, 0.1) is 6.54 Å². The van der Waals surface area contributed by atoms with Crippen molar-refractivity contribution in [2.24, 2.45) is 0 Å². The number of rotatable bonds is 3. The van der Waals surface area contributed by atoms with Crippen molar-refractivity contribution in [2.45, 2.75) is 19.3 Å². The van der Waals surface area contributed by atoms with Crippen LogP contribution in [0.5, 0.6) is 0 Å². The van der Waals surface area contributed by atoms with Gasteiger partial charge in [-0.3, -0.25) is 9.69 Å². The van der Waals surface area contributed by atoms with Crippen molar-refractivity contribution in [1.29, 1.82) is 0 Å². The molecule has 0 aromatic carbocycles. The van der Waals surface area contributed by atoms with Crippen molar-refractivity contribution in [2.75, 3.05) is 13.1 Å². The minimum absolute atomic E-state index is 0.124. The van der Waals surface area contributed by atoms with E-state index < -0.39 is 0 Å². The second-order valence-electron chi connectivity index (χ2n) is 4.50. The van der Waals surface area contributed by atoms with Crippen molar-refractivity contribution in [1.82, 2.24) is 10.2 Å². The molecule has 86 valence electrons. The lowest BCUT2D eigenvalue weighted by Crippen LogP contribution is -2.40. The lowest BCUT2D eigenvalue weighted by Gasteiger charge is -2.27. The quantitative estimate of drug-likeness (QED) is 0.813. The van der Waals surface area contributed by atoms with E-state index in [9.17, 15) is 9.59 Å². The molecule has 1 fully saturated rings. The summed E-state index contributed by atoms with van der Waals surface area (Å²) in [5, 5.41) is 4.53. The lowest BCUT2D eigenvalue weighted by atomic mass is 9.91. The summed E-state index contributed by atoms with van der Waals surface area (Å²) in [4.78, 5) is 25.4. The van der Waals surface area contributed by atoms with Crippen LogP contribution in [0.15, 0.2) is 17.5 Å². The van der Waals surface area contributed by atoms with Crippen LogP contribution in [0.4, 0.5) is 4.79 Å². The fourth-order valence-corrected chi connectivity index (χ4v) is 2.60. The molecule has 0 atom stereocenters. The Morgan fingerprint density at radius 1 is 1.50 bits per heavy atom. The Kier molecular flexibility index (Phi) is 2.71. The highest BCUT2D eigenvalue weighted by atomic mass is 32.1. The van der Waals surface area contributed by atoms with Crippen molar-refractivity contribution in [3.8, 4) is 0 Å². The summed E-state index contributed by atoms with van der Waals surface area (Å²) in [6.07, 6.45) is 0. The van der Waals surface area contributed by atoms with Crippen molar-refractivity contribution < 1.29 is 9.59 Å². The number of carbonyl (C=O) groups excluding carboxylic acids is 2. The third kappa shape index (κ3) is 1.95. The molecule has 1 aliphatic rings. The highest BCUT2D eigenvalue weighted by molar-refractivity contribution is 7.10. The zero-order valence-corrected chi connectivity index (χ0v) is 10.1. The smallest absolute Gasteiger partial charge is 0.324 e. The topological polar surface area (TPSA) is 49.4 Å². The van der Waals surface area contributed by atoms with Gasteiger partial charge in [0.2, 0.25) is 5.91 Å². The number of amides is 3. The normalized spacial score (nSPS) is 16.8. The van der Waals surface area contributed by atoms with Gasteiger partial charge >= 0.3 is 6.03 Å². The SMILES string of the molecule is CC(C)(CN1C(=O)CNC1=O)c1cccs1. The van der Waals surface area contributed by atoms with Gasteiger partial charge in [0.1, 0.15) is 0 Å². The van der Waals surface area contributed by atoms with E-state index in [0.717, 1.165) is 0 Å². The zero-order valence-electron chi connectivity index (χ0n) is 9.32. The van der Waals surface area contributed by atoms with Gasteiger partial charge in [-0.15, -0.1) is 11.3 Å². The van der Waals surface area contributed by atoms with E-state index in [-0.39, 0.29) is 23.9 Å². The van der Waals surface area contributed by atoms with Crippen LogP contribution >= 0.6 is 11.3 Å². The van der Waals surface area contributed by atoms with Gasteiger partial charge in [-0.1, -0.05) is 19.9 Å². The summed E-state index contributed by atoms with van der Waals surface area (Å²) in [6.45, 7) is 4.63. The predicted molar refractivity (Wildman–Crippen MR) is 62.5 cm³/mol. The van der Waals surface area contributed by atoms with Gasteiger partial charge in [0.15, 0.2) is 0 Å². The first kappa shape index (κ1) is 11.1. The molecule has 1 N–H and O–H groups in total. The molecule has 0 aliphatic carbocycles. The van der Waals surface area contributed by atoms with Gasteiger partial charge in [-0.05, 0) is 11.4 Å². The largest absolute Gasteiger partial charge is 0.329 e. The van der Waals surface area contributed by atoms with Crippen LogP contribution in [-0.2, 0) is 10.2 Å². The number of imide groups is 1. The molecule has 4 nitrogen and oxygen atoms in total. The summed E-state index contributed by atoms with van der Waals surface area (Å²) in [6, 6.07) is 3.73. The Hall–Kier alpha value is -1.36. The lowest BCUT2D eigenvalue weighted by molar-refractivity contribution is -0.125. The molecule has 1 aromatic rings. The predicted octanol–water partition coefficient (Wildman–Crippen LogP) is 1.58. The molecule has 0 bridgehead atoms. The van der Waals surface area contributed by atoms with Gasteiger partial charge in [0, 0.05) is 16.8 Å². The first-order valence-corrected chi connectivity index (χ1v) is 6.01. The number of hydrogen-bond donors (Lipinski definition) is 1. The number of thiophene rings is 1. The van der Waals surface area contributed by atoms with Gasteiger partial charge in [0.25, 0.3) is 0 Å². The second kappa shape index (κ2) is 3.90. The van der Waals surface area contributed by atoms with Crippen LogP contribution in [0, 0.1) is 0 Å². The van der Waals surface area contributed by atoms with Crippen LogP contribution in [-0.4, -0.2) is 29.9 Å². The Morgan fingerprint density at radius 3 is 2.75 bits per heavy atom. The molecular formula is C11H14N2O2S. The molecule has 1 aromatic heterocycles. The third-order valence-electron chi connectivity index (χ3n) is 2.68. The number of hydrogen-bond acceptors (Lipinski definition) is 3. The minimum Gasteiger partial charge on any atom is -0.329 e. The monoisotopic (exact) mass is 238 g/mol. The summed E-state index contributed by atoms with van der Waals surface area (Å²) >= 11 is 1.65. The van der Waals surface area contributed by atoms with Gasteiger partial charge in [-0.25, -0.2) is 4.79 Å². The van der Waals surface area contributed by atoms with E-state index in [0.29, 0.717) is 6.54 Å². The molecule has 1 aliphatic heterocycles. The minimum atomic E-state index is -0.283. The molecule has 0 radical (unpaired) electrons. The standard InChI is InChI=1S/C11H14N2O2S/c1-11(2,8-4-3-5-16-8)7-13-9(14)6-12-10(13)15/h3-5H,6-7H2,1-2H3,(H,12,15). The van der Waals surface area contributed by atoms with E-state index in [4.69, 9.17) is 0 Å². The average Bonchev–Trinajstić information content (AvgIpc) is 2.83. The summed E-state index contributed by atoms with van der Waals surface area (Å²) in [5.74, 6) is -0.144. The molecule has 2 heterocycles. The van der Waals surface area contributed by atoms with E-state index in [2.05, 4.69) is 5.32 Å². The molecular weight excluding hydrogens is 224 g/mol. The molecule has 1 saturated heterocycles. The molecule has 3 amide bonds. The number of nitrogens with one attached hydrogen (secondary N) is 1. The maximum atomic E-state index is 11.5. The van der Waals surface area contributed by atoms with Crippen molar-refractivity contribution in [3.63, 3.8) is 0 Å². The Morgan fingerprint density at radius 2 is 2.25 bits per heavy atom. The highest BCUT2D eigenvalue weighted by Crippen LogP contribution is 2.28. The van der Waals surface area contributed by atoms with Crippen LogP contribution in [0.2, 0.25) is 0 Å². The van der Waals surface area contributed by atoms with Gasteiger partial charge in [-0.2, -0.15) is 0 Å². The first-order chi connectivity index (χ1) is 7.50. The highest BCUT2D eigenvalue weighted by Gasteiger charge is 2.34. The average molecular weight is 238 g/mol. The number of urea groups is 1. The van der Waals surface area contributed by atoms with E-state index in [1.165, 1.54) is 9.78 Å². The van der Waals surface area contributed by atoms with Crippen molar-refractivity contribution in [3.05, 3.63) is 22.4 Å². The maximum absolute atomic E-state index is 11.5. The summed E-state index contributed by atoms with van der Waals surface area (Å²) < 4.78 is 0. The Bertz CT molecular complexity index is 396. The zero-order chi connectivity index (χ0) is 11.8. The molecule has 2 rings (SSSR count). The number of carbonyl (C=O) groups is 2. The van der Waals surface area contributed by atoms with Crippen LogP contribution < -0.4 is 5.32 Å². The fourth-order valence-electron chi connectivity index (χ4n) is 1.75. The van der Waals surface area contributed by atoms with E-state index >= 15 is 0 Å². The molecule has 5 heteroatoms. The summed E-state index contributed by atoms with van der Waals surface area (Å²) in [5.41, 5.74) is -0.189. The molecule has 0 unspecified atom stereocenters. The second-order valence-corrected chi connectivity index (χ2v) is 5.45. The van der Waals surface area contributed by atoms with Crippen molar-refractivity contribution >= 4 is 23.3 Å². The Balaban J connectivity index is 2.15. The fraction of sp³-hybridized carbons (Fsp3) is 0.455. The molecule has 16 heavy (non-hydrogen) atoms. The van der Waals surface area contributed by atoms with Crippen LogP contribution in [0.1, 0.15) is 18.7 Å². The summed E-state index contributed by atoms with van der Waals surface area (Å²) in [7, 11) is 0. The first-order valence-electron chi connectivity index (χ1n) is 5.13. The van der Waals surface area contributed by atoms with Crippen LogP contribution in [0.3, 0.4) is 0 Å². The van der Waals surface area contributed by atoms with E-state index in [1.807, 2.05) is 31.4 Å². The van der Waals surface area contributed by atoms with Gasteiger partial charge < -0.3 is 5.32 Å². The number of nitrogens with zero attached hydrogens (tertiary/aromatic N) is 1. The maximum Gasteiger partial charge on any atom is 0.324 e. The molecule has 0 saturated carbocycles. The molecule has 0 spiro atoms.